The maximum Gasteiger partial charge on any atom is 0.333 e. The van der Waals surface area contributed by atoms with Crippen LogP contribution in [0.3, 0.4) is 0 Å². The Morgan fingerprint density at radius 3 is 2.29 bits per heavy atom. The standard InChI is InChI=1S/C25H25N3O3/c1-4-26-19-10-8-7-9-18(19)21-16-11-12-17(15(16)13-14-20(21)26)22-23(29)27(5-2)25(31)28(6-3)24(22)30/h7-10,12-14,29H,4-6,11H2,1-3H3. The highest BCUT2D eigenvalue weighted by Crippen LogP contribution is 2.41. The van der Waals surface area contributed by atoms with Gasteiger partial charge in [-0.2, -0.15) is 0 Å². The maximum absolute atomic E-state index is 13.2. The molecule has 158 valence electrons. The molecule has 5 rings (SSSR count). The second kappa shape index (κ2) is 7.01. The molecule has 6 nitrogen and oxygen atoms in total. The summed E-state index contributed by atoms with van der Waals surface area (Å²) in [5.74, 6) is -0.252. The average molecular weight is 415 g/mol. The van der Waals surface area contributed by atoms with Crippen LogP contribution < -0.4 is 11.2 Å². The molecule has 2 aromatic carbocycles. The van der Waals surface area contributed by atoms with Crippen LogP contribution in [0.1, 0.15) is 37.5 Å². The van der Waals surface area contributed by atoms with Crippen molar-refractivity contribution in [2.75, 3.05) is 0 Å². The highest BCUT2D eigenvalue weighted by Gasteiger charge is 2.27. The Kier molecular flexibility index (Phi) is 4.39. The number of hydrogen-bond acceptors (Lipinski definition) is 3. The third-order valence-corrected chi connectivity index (χ3v) is 6.46. The van der Waals surface area contributed by atoms with Gasteiger partial charge in [-0.15, -0.1) is 0 Å². The molecule has 0 fully saturated rings. The number of aryl methyl sites for hydroxylation is 1. The molecule has 1 aliphatic rings. The van der Waals surface area contributed by atoms with Gasteiger partial charge in [-0.05, 0) is 56.0 Å². The first kappa shape index (κ1) is 19.4. The van der Waals surface area contributed by atoms with E-state index < -0.39 is 11.2 Å². The van der Waals surface area contributed by atoms with Crippen molar-refractivity contribution in [3.63, 3.8) is 0 Å². The van der Waals surface area contributed by atoms with Crippen LogP contribution in [-0.2, 0) is 26.1 Å². The number of aromatic hydroxyl groups is 1. The Morgan fingerprint density at radius 1 is 0.871 bits per heavy atom. The van der Waals surface area contributed by atoms with E-state index in [4.69, 9.17) is 0 Å². The molecular formula is C25H25N3O3. The van der Waals surface area contributed by atoms with Crippen LogP contribution in [0, 0.1) is 0 Å². The van der Waals surface area contributed by atoms with Crippen LogP contribution in [0.15, 0.2) is 52.1 Å². The second-order valence-corrected chi connectivity index (χ2v) is 7.84. The molecule has 0 saturated carbocycles. The molecule has 0 atom stereocenters. The van der Waals surface area contributed by atoms with Gasteiger partial charge in [0, 0.05) is 41.4 Å². The lowest BCUT2D eigenvalue weighted by atomic mass is 9.97. The Morgan fingerprint density at radius 2 is 1.58 bits per heavy atom. The minimum absolute atomic E-state index is 0.209. The molecule has 0 aliphatic heterocycles. The zero-order valence-corrected chi connectivity index (χ0v) is 18.0. The molecule has 6 heteroatoms. The molecule has 0 bridgehead atoms. The zero-order chi connectivity index (χ0) is 21.9. The van der Waals surface area contributed by atoms with Crippen molar-refractivity contribution < 1.29 is 5.11 Å². The molecule has 2 aromatic heterocycles. The van der Waals surface area contributed by atoms with Crippen molar-refractivity contribution >= 4 is 27.4 Å². The van der Waals surface area contributed by atoms with Gasteiger partial charge in [-0.1, -0.05) is 30.3 Å². The Labute approximate surface area is 179 Å². The number of fused-ring (bicyclic) bond motifs is 5. The van der Waals surface area contributed by atoms with Crippen LogP contribution in [0.5, 0.6) is 5.88 Å². The predicted molar refractivity (Wildman–Crippen MR) is 124 cm³/mol. The van der Waals surface area contributed by atoms with Gasteiger partial charge in [0.05, 0.1) is 0 Å². The Hall–Kier alpha value is -3.54. The summed E-state index contributed by atoms with van der Waals surface area (Å²) in [5.41, 5.74) is 4.47. The lowest BCUT2D eigenvalue weighted by Gasteiger charge is -2.15. The van der Waals surface area contributed by atoms with Gasteiger partial charge in [0.1, 0.15) is 5.56 Å². The number of para-hydroxylation sites is 1. The van der Waals surface area contributed by atoms with Crippen molar-refractivity contribution in [3.05, 3.63) is 80.0 Å². The maximum atomic E-state index is 13.2. The fraction of sp³-hybridized carbons (Fsp3) is 0.280. The highest BCUT2D eigenvalue weighted by molar-refractivity contribution is 6.12. The van der Waals surface area contributed by atoms with Crippen molar-refractivity contribution in [1.82, 2.24) is 13.7 Å². The number of benzene rings is 2. The zero-order valence-electron chi connectivity index (χ0n) is 18.0. The average Bonchev–Trinajstić information content (AvgIpc) is 3.33. The minimum Gasteiger partial charge on any atom is -0.494 e. The first-order chi connectivity index (χ1) is 15.0. The highest BCUT2D eigenvalue weighted by atomic mass is 16.3. The summed E-state index contributed by atoms with van der Waals surface area (Å²) < 4.78 is 4.77. The molecule has 0 spiro atoms. The quantitative estimate of drug-likeness (QED) is 0.550. The van der Waals surface area contributed by atoms with E-state index in [2.05, 4.69) is 35.8 Å². The number of allylic oxidation sites excluding steroid dienone is 1. The third-order valence-electron chi connectivity index (χ3n) is 6.46. The summed E-state index contributed by atoms with van der Waals surface area (Å²) in [4.78, 5) is 25.8. The number of hydrogen-bond donors (Lipinski definition) is 1. The van der Waals surface area contributed by atoms with E-state index in [1.807, 2.05) is 18.2 Å². The molecule has 4 aromatic rings. The van der Waals surface area contributed by atoms with E-state index >= 15 is 0 Å². The fourth-order valence-electron chi connectivity index (χ4n) is 5.06. The minimum atomic E-state index is -0.475. The topological polar surface area (TPSA) is 69.2 Å². The number of rotatable bonds is 4. The molecular weight excluding hydrogens is 390 g/mol. The normalized spacial score (nSPS) is 13.2. The summed E-state index contributed by atoms with van der Waals surface area (Å²) in [6.07, 6.45) is 2.68. The lowest BCUT2D eigenvalue weighted by Crippen LogP contribution is -2.40. The van der Waals surface area contributed by atoms with Gasteiger partial charge >= 0.3 is 5.69 Å². The van der Waals surface area contributed by atoms with Crippen molar-refractivity contribution in [3.8, 4) is 5.88 Å². The van der Waals surface area contributed by atoms with E-state index in [1.54, 1.807) is 13.8 Å². The van der Waals surface area contributed by atoms with Gasteiger partial charge in [-0.3, -0.25) is 13.9 Å². The third kappa shape index (κ3) is 2.51. The van der Waals surface area contributed by atoms with E-state index in [1.165, 1.54) is 30.9 Å². The Balaban J connectivity index is 1.83. The molecule has 0 amide bonds. The van der Waals surface area contributed by atoms with E-state index in [-0.39, 0.29) is 18.0 Å². The van der Waals surface area contributed by atoms with Crippen LogP contribution >= 0.6 is 0 Å². The molecule has 0 saturated heterocycles. The van der Waals surface area contributed by atoms with Crippen LogP contribution in [0.2, 0.25) is 0 Å². The van der Waals surface area contributed by atoms with E-state index in [0.29, 0.717) is 18.5 Å². The monoisotopic (exact) mass is 415 g/mol. The fourth-order valence-corrected chi connectivity index (χ4v) is 5.06. The van der Waals surface area contributed by atoms with Crippen LogP contribution in [0.4, 0.5) is 0 Å². The van der Waals surface area contributed by atoms with E-state index in [0.717, 1.165) is 17.7 Å². The summed E-state index contributed by atoms with van der Waals surface area (Å²) in [5, 5.41) is 13.3. The molecule has 0 unspecified atom stereocenters. The summed E-state index contributed by atoms with van der Waals surface area (Å²) in [6, 6.07) is 12.5. The van der Waals surface area contributed by atoms with E-state index in [9.17, 15) is 14.7 Å². The summed E-state index contributed by atoms with van der Waals surface area (Å²) in [7, 11) is 0. The largest absolute Gasteiger partial charge is 0.494 e. The van der Waals surface area contributed by atoms with Gasteiger partial charge in [0.2, 0.25) is 5.88 Å². The molecule has 2 heterocycles. The SMILES string of the molecule is CCn1c(O)c(C2=CCc3c2ccc2c3c3ccccc3n2CC)c(=O)n(CC)c1=O. The Bertz CT molecular complexity index is 1520. The first-order valence-electron chi connectivity index (χ1n) is 10.8. The number of nitrogens with zero attached hydrogens (tertiary/aromatic N) is 3. The molecule has 1 N–H and O–H groups in total. The van der Waals surface area contributed by atoms with Gasteiger partial charge in [0.15, 0.2) is 0 Å². The van der Waals surface area contributed by atoms with Crippen molar-refractivity contribution in [2.24, 2.45) is 0 Å². The summed E-state index contributed by atoms with van der Waals surface area (Å²) in [6.45, 7) is 7.11. The van der Waals surface area contributed by atoms with Gasteiger partial charge in [-0.25, -0.2) is 4.79 Å². The molecule has 31 heavy (non-hydrogen) atoms. The van der Waals surface area contributed by atoms with Crippen LogP contribution in [-0.4, -0.2) is 18.8 Å². The summed E-state index contributed by atoms with van der Waals surface area (Å²) >= 11 is 0. The number of aromatic nitrogens is 3. The first-order valence-corrected chi connectivity index (χ1v) is 10.8. The van der Waals surface area contributed by atoms with Crippen molar-refractivity contribution in [2.45, 2.75) is 46.8 Å². The lowest BCUT2D eigenvalue weighted by molar-refractivity contribution is 0.393. The predicted octanol–water partition coefficient (Wildman–Crippen LogP) is 3.87. The van der Waals surface area contributed by atoms with Gasteiger partial charge < -0.3 is 9.67 Å². The molecule has 1 aliphatic carbocycles. The molecule has 0 radical (unpaired) electrons. The van der Waals surface area contributed by atoms with Crippen molar-refractivity contribution in [1.29, 1.82) is 0 Å². The van der Waals surface area contributed by atoms with Gasteiger partial charge in [0.25, 0.3) is 5.56 Å². The smallest absolute Gasteiger partial charge is 0.333 e. The second-order valence-electron chi connectivity index (χ2n) is 7.84. The van der Waals surface area contributed by atoms with Crippen LogP contribution in [0.25, 0.3) is 27.4 Å².